The second-order valence-electron chi connectivity index (χ2n) is 4.89. The van der Waals surface area contributed by atoms with Gasteiger partial charge in [0.1, 0.15) is 0 Å². The first-order valence-corrected chi connectivity index (χ1v) is 6.52. The van der Waals surface area contributed by atoms with E-state index in [0.717, 1.165) is 23.7 Å². The van der Waals surface area contributed by atoms with Crippen molar-refractivity contribution < 1.29 is 28.5 Å². The zero-order valence-corrected chi connectivity index (χ0v) is 14.5. The molecule has 0 spiro atoms. The highest BCUT2D eigenvalue weighted by atomic mass is 127. The predicted octanol–water partition coefficient (Wildman–Crippen LogP) is -0.356. The van der Waals surface area contributed by atoms with E-state index in [0.29, 0.717) is 5.95 Å². The Bertz CT molecular complexity index is 568. The van der Waals surface area contributed by atoms with Crippen molar-refractivity contribution in [1.82, 2.24) is 4.98 Å². The number of rotatable bonds is 3. The van der Waals surface area contributed by atoms with Gasteiger partial charge in [0.2, 0.25) is 5.82 Å². The summed E-state index contributed by atoms with van der Waals surface area (Å²) < 4.78 is 1.98. The van der Waals surface area contributed by atoms with Gasteiger partial charge in [0.25, 0.3) is 0 Å². The standard InChI is InChI=1S/C15H20N4.HI/c1-5-19-12(4)9-14(18-15(19)16)17-13-7-10(2)6-11(3)8-13;/h6-9H,5H2,1-4H3,(H2,16,17,18);1H. The largest absolute Gasteiger partial charge is 1.00 e. The average Bonchev–Trinajstić information content (AvgIpc) is 2.26. The molecule has 0 bridgehead atoms. The fourth-order valence-electron chi connectivity index (χ4n) is 2.34. The normalized spacial score (nSPS) is 10.0. The number of aromatic nitrogens is 2. The van der Waals surface area contributed by atoms with Crippen LogP contribution in [0.15, 0.2) is 24.3 Å². The zero-order valence-electron chi connectivity index (χ0n) is 12.4. The fourth-order valence-corrected chi connectivity index (χ4v) is 2.34. The van der Waals surface area contributed by atoms with Gasteiger partial charge in [-0.25, -0.2) is 4.57 Å². The molecule has 0 atom stereocenters. The summed E-state index contributed by atoms with van der Waals surface area (Å²) in [5.41, 5.74) is 10.6. The molecular weight excluding hydrogens is 363 g/mol. The van der Waals surface area contributed by atoms with Crippen LogP contribution in [0.3, 0.4) is 0 Å². The zero-order chi connectivity index (χ0) is 14.0. The van der Waals surface area contributed by atoms with Gasteiger partial charge in [-0.05, 0) is 51.0 Å². The van der Waals surface area contributed by atoms with Crippen LogP contribution in [0, 0.1) is 20.8 Å². The van der Waals surface area contributed by atoms with Crippen LogP contribution in [0.1, 0.15) is 23.7 Å². The Morgan fingerprint density at radius 2 is 1.70 bits per heavy atom. The molecule has 0 fully saturated rings. The Labute approximate surface area is 137 Å². The number of hydrogen-bond donors (Lipinski definition) is 2. The Kier molecular flexibility index (Phi) is 5.74. The molecule has 20 heavy (non-hydrogen) atoms. The van der Waals surface area contributed by atoms with Crippen LogP contribution in [0.25, 0.3) is 0 Å². The number of benzene rings is 1. The molecule has 2 aromatic rings. The smallest absolute Gasteiger partial charge is 0.391 e. The molecular formula is C15H21IN4. The molecule has 4 nitrogen and oxygen atoms in total. The Morgan fingerprint density at radius 1 is 1.10 bits per heavy atom. The first-order chi connectivity index (χ1) is 8.99. The number of anilines is 3. The van der Waals surface area contributed by atoms with Crippen molar-refractivity contribution in [2.75, 3.05) is 11.1 Å². The topological polar surface area (TPSA) is 54.8 Å². The van der Waals surface area contributed by atoms with Gasteiger partial charge in [0.05, 0.1) is 12.2 Å². The highest BCUT2D eigenvalue weighted by Gasteiger charge is 2.12. The summed E-state index contributed by atoms with van der Waals surface area (Å²) in [7, 11) is 0. The molecule has 1 aromatic heterocycles. The van der Waals surface area contributed by atoms with Gasteiger partial charge in [0.15, 0.2) is 0 Å². The maximum Gasteiger partial charge on any atom is 0.391 e. The van der Waals surface area contributed by atoms with Crippen LogP contribution in [0.5, 0.6) is 0 Å². The minimum absolute atomic E-state index is 0. The van der Waals surface area contributed by atoms with Gasteiger partial charge in [-0.2, -0.15) is 0 Å². The molecule has 2 rings (SSSR count). The lowest BCUT2D eigenvalue weighted by molar-refractivity contribution is -0.687. The fraction of sp³-hybridized carbons (Fsp3) is 0.333. The minimum atomic E-state index is 0. The van der Waals surface area contributed by atoms with Crippen molar-refractivity contribution in [3.63, 3.8) is 0 Å². The summed E-state index contributed by atoms with van der Waals surface area (Å²) in [5, 5.41) is 3.31. The number of nitrogens with one attached hydrogen (secondary N) is 1. The lowest BCUT2D eigenvalue weighted by Gasteiger charge is -2.09. The van der Waals surface area contributed by atoms with E-state index in [4.69, 9.17) is 5.73 Å². The van der Waals surface area contributed by atoms with Crippen molar-refractivity contribution in [3.05, 3.63) is 41.1 Å². The third kappa shape index (κ3) is 3.82. The molecule has 0 amide bonds. The molecule has 5 heteroatoms. The van der Waals surface area contributed by atoms with E-state index in [1.165, 1.54) is 11.1 Å². The monoisotopic (exact) mass is 384 g/mol. The molecule has 108 valence electrons. The molecule has 0 aliphatic carbocycles. The molecule has 1 heterocycles. The maximum atomic E-state index is 5.96. The Morgan fingerprint density at radius 3 is 2.20 bits per heavy atom. The lowest BCUT2D eigenvalue weighted by atomic mass is 10.1. The highest BCUT2D eigenvalue weighted by molar-refractivity contribution is 5.58. The second-order valence-corrected chi connectivity index (χ2v) is 4.89. The first-order valence-electron chi connectivity index (χ1n) is 6.52. The summed E-state index contributed by atoms with van der Waals surface area (Å²) in [6.45, 7) is 9.09. The summed E-state index contributed by atoms with van der Waals surface area (Å²) >= 11 is 0. The molecule has 3 N–H and O–H groups in total. The van der Waals surface area contributed by atoms with Crippen LogP contribution < -0.4 is 39.6 Å². The summed E-state index contributed by atoms with van der Waals surface area (Å²) in [4.78, 5) is 4.39. The van der Waals surface area contributed by atoms with Gasteiger partial charge in [-0.15, -0.1) is 0 Å². The Balaban J connectivity index is 0.00000200. The van der Waals surface area contributed by atoms with Crippen LogP contribution in [-0.2, 0) is 6.54 Å². The van der Waals surface area contributed by atoms with Crippen LogP contribution in [-0.4, -0.2) is 4.98 Å². The van der Waals surface area contributed by atoms with E-state index < -0.39 is 0 Å². The Hall–Kier alpha value is -1.37. The van der Waals surface area contributed by atoms with Crippen LogP contribution in [0.4, 0.5) is 17.5 Å². The molecule has 1 aromatic carbocycles. The number of nitrogens with zero attached hydrogens (tertiary/aromatic N) is 2. The number of hydrogen-bond acceptors (Lipinski definition) is 3. The highest BCUT2D eigenvalue weighted by Crippen LogP contribution is 2.18. The van der Waals surface area contributed by atoms with E-state index in [1.54, 1.807) is 0 Å². The third-order valence-corrected chi connectivity index (χ3v) is 3.09. The third-order valence-electron chi connectivity index (χ3n) is 3.09. The first kappa shape index (κ1) is 16.7. The van der Waals surface area contributed by atoms with Crippen molar-refractivity contribution in [1.29, 1.82) is 0 Å². The van der Waals surface area contributed by atoms with E-state index in [2.05, 4.69) is 49.3 Å². The second kappa shape index (κ2) is 6.88. The molecule has 0 saturated heterocycles. The van der Waals surface area contributed by atoms with Gasteiger partial charge in [-0.1, -0.05) is 11.1 Å². The van der Waals surface area contributed by atoms with Gasteiger partial charge in [0, 0.05) is 11.8 Å². The summed E-state index contributed by atoms with van der Waals surface area (Å²) in [6, 6.07) is 8.36. The number of nitrogens with two attached hydrogens (primary N) is 1. The predicted molar refractivity (Wildman–Crippen MR) is 78.5 cm³/mol. The molecule has 0 saturated carbocycles. The van der Waals surface area contributed by atoms with Crippen LogP contribution >= 0.6 is 0 Å². The maximum absolute atomic E-state index is 5.96. The van der Waals surface area contributed by atoms with Crippen molar-refractivity contribution in [2.24, 2.45) is 0 Å². The summed E-state index contributed by atoms with van der Waals surface area (Å²) in [5.74, 6) is 1.32. The van der Waals surface area contributed by atoms with E-state index in [1.807, 2.05) is 17.6 Å². The van der Waals surface area contributed by atoms with E-state index >= 15 is 0 Å². The number of aryl methyl sites for hydroxylation is 3. The minimum Gasteiger partial charge on any atom is -1.00 e. The molecule has 0 unspecified atom stereocenters. The SMILES string of the molecule is CC[n+]1c(C)cc(Nc2cc(C)cc(C)c2)nc1N.[I-]. The molecule has 0 aliphatic heterocycles. The summed E-state index contributed by atoms with van der Waals surface area (Å²) in [6.07, 6.45) is 0. The van der Waals surface area contributed by atoms with Crippen LogP contribution in [0.2, 0.25) is 0 Å². The number of halogens is 1. The molecule has 0 aliphatic rings. The van der Waals surface area contributed by atoms with Crippen molar-refractivity contribution in [3.8, 4) is 0 Å². The average molecular weight is 384 g/mol. The van der Waals surface area contributed by atoms with E-state index in [9.17, 15) is 0 Å². The van der Waals surface area contributed by atoms with Crippen molar-refractivity contribution >= 4 is 17.5 Å². The lowest BCUT2D eigenvalue weighted by Crippen LogP contribution is -3.00. The van der Waals surface area contributed by atoms with Crippen molar-refractivity contribution in [2.45, 2.75) is 34.2 Å². The van der Waals surface area contributed by atoms with Gasteiger partial charge < -0.3 is 29.3 Å². The van der Waals surface area contributed by atoms with E-state index in [-0.39, 0.29) is 24.0 Å². The van der Waals surface area contributed by atoms with Gasteiger partial charge in [-0.3, -0.25) is 5.73 Å². The van der Waals surface area contributed by atoms with Gasteiger partial charge >= 0.3 is 5.95 Å². The molecule has 0 radical (unpaired) electrons. The quantitative estimate of drug-likeness (QED) is 0.562. The number of nitrogen functional groups attached to an aromatic ring is 1.